The predicted molar refractivity (Wildman–Crippen MR) is 87.7 cm³/mol. The minimum atomic E-state index is -0.972. The maximum absolute atomic E-state index is 3.32. The highest BCUT2D eigenvalue weighted by molar-refractivity contribution is 6.76. The van der Waals surface area contributed by atoms with E-state index in [4.69, 9.17) is 0 Å². The van der Waals surface area contributed by atoms with Crippen LogP contribution in [0.4, 0.5) is 0 Å². The van der Waals surface area contributed by atoms with E-state index in [9.17, 15) is 0 Å². The smallest absolute Gasteiger partial charge is 0.0573 e. The summed E-state index contributed by atoms with van der Waals surface area (Å²) in [5.41, 5.74) is 1.11. The molecule has 0 unspecified atom stereocenters. The van der Waals surface area contributed by atoms with E-state index >= 15 is 0 Å². The zero-order chi connectivity index (χ0) is 14.0. The first-order valence-corrected chi connectivity index (χ1v) is 10.8. The average Bonchev–Trinajstić information content (AvgIpc) is 2.37. The Kier molecular flexibility index (Phi) is 7.09. The first-order valence-electron chi connectivity index (χ1n) is 7.07. The highest BCUT2D eigenvalue weighted by atomic mass is 28.3. The van der Waals surface area contributed by atoms with Crippen molar-refractivity contribution in [2.45, 2.75) is 51.4 Å². The summed E-state index contributed by atoms with van der Waals surface area (Å²) in [6.07, 6.45) is 4.33. The number of rotatable bonds is 4. The maximum Gasteiger partial charge on any atom is 0.0573 e. The standard InChI is InChI=1S/C18H24Si/c1-19(2,3)17-13-8-6-4-5-7-10-14-18-15-11-9-12-16-18/h9,11-12,15-16H,4-7,17H2,1-3H3. The molecule has 0 N–H and O–H groups in total. The minimum absolute atomic E-state index is 0.972. The van der Waals surface area contributed by atoms with Crippen molar-refractivity contribution < 1.29 is 0 Å². The van der Waals surface area contributed by atoms with Gasteiger partial charge in [0.15, 0.2) is 0 Å². The van der Waals surface area contributed by atoms with Gasteiger partial charge >= 0.3 is 0 Å². The Morgan fingerprint density at radius 2 is 1.47 bits per heavy atom. The second-order valence-electron chi connectivity index (χ2n) is 5.97. The van der Waals surface area contributed by atoms with E-state index in [0.717, 1.165) is 30.9 Å². The Hall–Kier alpha value is -1.44. The Morgan fingerprint density at radius 1 is 0.842 bits per heavy atom. The van der Waals surface area contributed by atoms with Gasteiger partial charge in [-0.25, -0.2) is 0 Å². The third-order valence-electron chi connectivity index (χ3n) is 2.60. The predicted octanol–water partition coefficient (Wildman–Crippen LogP) is 4.94. The molecule has 100 valence electrons. The van der Waals surface area contributed by atoms with Gasteiger partial charge in [0.1, 0.15) is 0 Å². The molecule has 1 aromatic rings. The van der Waals surface area contributed by atoms with Gasteiger partial charge in [-0.15, -0.1) is 11.8 Å². The molecule has 19 heavy (non-hydrogen) atoms. The molecule has 0 amide bonds. The molecular formula is C18H24Si. The zero-order valence-corrected chi connectivity index (χ0v) is 13.4. The van der Waals surface area contributed by atoms with Gasteiger partial charge in [0.25, 0.3) is 0 Å². The molecule has 0 saturated carbocycles. The number of benzene rings is 1. The maximum atomic E-state index is 3.32. The van der Waals surface area contributed by atoms with Crippen LogP contribution in [0, 0.1) is 23.7 Å². The molecule has 0 aliphatic carbocycles. The molecule has 0 bridgehead atoms. The van der Waals surface area contributed by atoms with Crippen molar-refractivity contribution in [3.05, 3.63) is 35.9 Å². The topological polar surface area (TPSA) is 0 Å². The summed E-state index contributed by atoms with van der Waals surface area (Å²) in [6.45, 7) is 7.09. The lowest BCUT2D eigenvalue weighted by molar-refractivity contribution is 0.782. The van der Waals surface area contributed by atoms with Gasteiger partial charge in [0, 0.05) is 24.4 Å². The fourth-order valence-corrected chi connectivity index (χ4v) is 2.18. The molecule has 0 aliphatic rings. The van der Waals surface area contributed by atoms with Gasteiger partial charge in [0.2, 0.25) is 0 Å². The van der Waals surface area contributed by atoms with Crippen LogP contribution in [0.25, 0.3) is 0 Å². The van der Waals surface area contributed by atoms with Crippen molar-refractivity contribution in [3.63, 3.8) is 0 Å². The molecule has 0 fully saturated rings. The normalized spacial score (nSPS) is 10.1. The van der Waals surface area contributed by atoms with Crippen molar-refractivity contribution in [2.24, 2.45) is 0 Å². The van der Waals surface area contributed by atoms with Crippen LogP contribution in [-0.2, 0) is 0 Å². The highest BCUT2D eigenvalue weighted by Gasteiger charge is 2.09. The van der Waals surface area contributed by atoms with Crippen molar-refractivity contribution in [1.29, 1.82) is 0 Å². The lowest BCUT2D eigenvalue weighted by Crippen LogP contribution is -2.17. The Morgan fingerprint density at radius 3 is 2.11 bits per heavy atom. The van der Waals surface area contributed by atoms with Crippen LogP contribution in [0.2, 0.25) is 25.7 Å². The van der Waals surface area contributed by atoms with E-state index in [1.807, 2.05) is 18.2 Å². The minimum Gasteiger partial charge on any atom is -0.106 e. The SMILES string of the molecule is C[Si](C)(C)CC#CCCCCC#Cc1ccccc1. The van der Waals surface area contributed by atoms with Gasteiger partial charge < -0.3 is 0 Å². The molecule has 0 heterocycles. The van der Waals surface area contributed by atoms with Crippen LogP contribution >= 0.6 is 0 Å². The van der Waals surface area contributed by atoms with Crippen LogP contribution in [0.5, 0.6) is 0 Å². The average molecular weight is 268 g/mol. The first kappa shape index (κ1) is 15.6. The third kappa shape index (κ3) is 9.17. The number of unbranched alkanes of at least 4 members (excludes halogenated alkanes) is 3. The third-order valence-corrected chi connectivity index (χ3v) is 3.84. The quantitative estimate of drug-likeness (QED) is 0.412. The fraction of sp³-hybridized carbons (Fsp3) is 0.444. The lowest BCUT2D eigenvalue weighted by atomic mass is 10.2. The molecule has 1 heteroatoms. The second kappa shape index (κ2) is 8.62. The van der Waals surface area contributed by atoms with Crippen molar-refractivity contribution in [3.8, 4) is 23.7 Å². The van der Waals surface area contributed by atoms with Crippen LogP contribution in [0.15, 0.2) is 30.3 Å². The molecular weight excluding hydrogens is 244 g/mol. The van der Waals surface area contributed by atoms with E-state index < -0.39 is 8.07 Å². The molecule has 0 nitrogen and oxygen atoms in total. The zero-order valence-electron chi connectivity index (χ0n) is 12.4. The summed E-state index contributed by atoms with van der Waals surface area (Å²) in [4.78, 5) is 0. The molecule has 0 radical (unpaired) electrons. The van der Waals surface area contributed by atoms with Crippen LogP contribution in [0.1, 0.15) is 31.2 Å². The molecule has 0 atom stereocenters. The first-order chi connectivity index (χ1) is 9.08. The molecule has 1 aromatic carbocycles. The fourth-order valence-electron chi connectivity index (χ4n) is 1.53. The van der Waals surface area contributed by atoms with E-state index in [1.165, 1.54) is 6.42 Å². The summed E-state index contributed by atoms with van der Waals surface area (Å²) in [6, 6.07) is 11.3. The molecule has 0 spiro atoms. The van der Waals surface area contributed by atoms with E-state index in [-0.39, 0.29) is 0 Å². The van der Waals surface area contributed by atoms with Gasteiger partial charge in [-0.2, -0.15) is 0 Å². The van der Waals surface area contributed by atoms with Gasteiger partial charge in [-0.1, -0.05) is 49.7 Å². The van der Waals surface area contributed by atoms with E-state index in [0.29, 0.717) is 0 Å². The highest BCUT2D eigenvalue weighted by Crippen LogP contribution is 2.06. The van der Waals surface area contributed by atoms with Crippen molar-refractivity contribution in [2.75, 3.05) is 0 Å². The van der Waals surface area contributed by atoms with Crippen LogP contribution in [-0.4, -0.2) is 8.07 Å². The molecule has 0 saturated heterocycles. The molecule has 0 aromatic heterocycles. The number of hydrogen-bond acceptors (Lipinski definition) is 0. The van der Waals surface area contributed by atoms with Gasteiger partial charge in [0.05, 0.1) is 8.07 Å². The van der Waals surface area contributed by atoms with E-state index in [2.05, 4.69) is 55.5 Å². The Bertz CT molecular complexity index is 472. The van der Waals surface area contributed by atoms with Crippen molar-refractivity contribution >= 4 is 8.07 Å². The Balaban J connectivity index is 2.11. The Labute approximate surface area is 119 Å². The largest absolute Gasteiger partial charge is 0.106 e. The van der Waals surface area contributed by atoms with Gasteiger partial charge in [-0.3, -0.25) is 0 Å². The summed E-state index contributed by atoms with van der Waals surface area (Å²) in [7, 11) is -0.972. The molecule has 0 aliphatic heterocycles. The monoisotopic (exact) mass is 268 g/mol. The summed E-state index contributed by atoms with van der Waals surface area (Å²) in [5.74, 6) is 13.0. The number of hydrogen-bond donors (Lipinski definition) is 0. The van der Waals surface area contributed by atoms with Crippen LogP contribution in [0.3, 0.4) is 0 Å². The lowest BCUT2D eigenvalue weighted by Gasteiger charge is -2.09. The van der Waals surface area contributed by atoms with Gasteiger partial charge in [-0.05, 0) is 25.0 Å². The summed E-state index contributed by atoms with van der Waals surface area (Å²) < 4.78 is 0. The van der Waals surface area contributed by atoms with Crippen molar-refractivity contribution in [1.82, 2.24) is 0 Å². The van der Waals surface area contributed by atoms with Crippen LogP contribution < -0.4 is 0 Å². The molecule has 1 rings (SSSR count). The second-order valence-corrected chi connectivity index (χ2v) is 11.4. The van der Waals surface area contributed by atoms with E-state index in [1.54, 1.807) is 0 Å². The summed E-state index contributed by atoms with van der Waals surface area (Å²) >= 11 is 0. The summed E-state index contributed by atoms with van der Waals surface area (Å²) in [5, 5.41) is 0.